The molecule has 146 valence electrons. The Kier molecular flexibility index (Phi) is 5.29. The first kappa shape index (κ1) is 18.7. The molecule has 2 amide bonds. The maximum Gasteiger partial charge on any atom is 0.404 e. The molecule has 1 fully saturated rings. The average Bonchev–Trinajstić information content (AvgIpc) is 3.48. The van der Waals surface area contributed by atoms with Crippen LogP contribution in [0.2, 0.25) is 0 Å². The summed E-state index contributed by atoms with van der Waals surface area (Å²) < 4.78 is 0. The van der Waals surface area contributed by atoms with Crippen LogP contribution in [-0.2, 0) is 6.42 Å². The molecule has 1 aliphatic rings. The number of anilines is 1. The van der Waals surface area contributed by atoms with Crippen molar-refractivity contribution in [2.75, 3.05) is 5.32 Å². The average molecular weight is 386 g/mol. The van der Waals surface area contributed by atoms with E-state index in [1.165, 1.54) is 5.56 Å². The van der Waals surface area contributed by atoms with Gasteiger partial charge in [-0.15, -0.1) is 0 Å². The Balaban J connectivity index is 1.38. The van der Waals surface area contributed by atoms with Crippen molar-refractivity contribution in [1.82, 2.24) is 5.32 Å². The van der Waals surface area contributed by atoms with Gasteiger partial charge in [0.1, 0.15) is 0 Å². The van der Waals surface area contributed by atoms with Crippen LogP contribution in [0.5, 0.6) is 0 Å². The smallest absolute Gasteiger partial charge is 0.404 e. The second-order valence-electron chi connectivity index (χ2n) is 7.34. The van der Waals surface area contributed by atoms with Crippen molar-refractivity contribution in [2.45, 2.75) is 24.8 Å². The van der Waals surface area contributed by atoms with E-state index >= 15 is 0 Å². The van der Waals surface area contributed by atoms with Crippen LogP contribution in [0.15, 0.2) is 78.9 Å². The van der Waals surface area contributed by atoms with Gasteiger partial charge in [0.25, 0.3) is 5.91 Å². The highest BCUT2D eigenvalue weighted by atomic mass is 16.4. The number of nitrogens with one attached hydrogen (secondary N) is 2. The van der Waals surface area contributed by atoms with Crippen molar-refractivity contribution < 1.29 is 14.7 Å². The van der Waals surface area contributed by atoms with E-state index in [2.05, 4.69) is 22.8 Å². The van der Waals surface area contributed by atoms with Crippen molar-refractivity contribution in [3.63, 3.8) is 0 Å². The molecule has 0 radical (unpaired) electrons. The fourth-order valence-corrected chi connectivity index (χ4v) is 3.55. The second kappa shape index (κ2) is 8.19. The van der Waals surface area contributed by atoms with E-state index in [0.29, 0.717) is 5.56 Å². The number of hydrogen-bond acceptors (Lipinski definition) is 2. The van der Waals surface area contributed by atoms with Crippen LogP contribution in [0.4, 0.5) is 10.5 Å². The summed E-state index contributed by atoms with van der Waals surface area (Å²) >= 11 is 0. The van der Waals surface area contributed by atoms with E-state index in [9.17, 15) is 9.59 Å². The standard InChI is InChI=1S/C24H22N2O3/c27-23(19-8-4-7-17(14-19)13-16-5-2-1-3-6-16)25-20-11-9-18(10-12-20)21-15-22(21)26-24(28)29/h1-12,14,21-22,26H,13,15H2,(H,25,27)(H,28,29). The number of hydrogen-bond donors (Lipinski definition) is 3. The van der Waals surface area contributed by atoms with Gasteiger partial charge in [-0.05, 0) is 53.8 Å². The van der Waals surface area contributed by atoms with Crippen LogP contribution < -0.4 is 10.6 Å². The predicted octanol–water partition coefficient (Wildman–Crippen LogP) is 4.65. The second-order valence-corrected chi connectivity index (χ2v) is 7.34. The summed E-state index contributed by atoms with van der Waals surface area (Å²) in [6, 6.07) is 25.4. The minimum atomic E-state index is -0.990. The highest BCUT2D eigenvalue weighted by Gasteiger charge is 2.39. The normalized spacial score (nSPS) is 17.4. The summed E-state index contributed by atoms with van der Waals surface area (Å²) in [4.78, 5) is 23.3. The number of rotatable bonds is 6. The summed E-state index contributed by atoms with van der Waals surface area (Å²) in [5.41, 5.74) is 4.71. The van der Waals surface area contributed by atoms with Gasteiger partial charge < -0.3 is 15.7 Å². The maximum atomic E-state index is 12.6. The number of carboxylic acid groups (broad SMARTS) is 1. The molecule has 1 aliphatic carbocycles. The van der Waals surface area contributed by atoms with Gasteiger partial charge in [-0.2, -0.15) is 0 Å². The lowest BCUT2D eigenvalue weighted by Crippen LogP contribution is -2.24. The zero-order valence-electron chi connectivity index (χ0n) is 15.8. The van der Waals surface area contributed by atoms with Gasteiger partial charge >= 0.3 is 6.09 Å². The Morgan fingerprint density at radius 1 is 0.897 bits per heavy atom. The van der Waals surface area contributed by atoms with Gasteiger partial charge in [-0.25, -0.2) is 4.79 Å². The van der Waals surface area contributed by atoms with E-state index < -0.39 is 6.09 Å². The first-order chi connectivity index (χ1) is 14.1. The minimum absolute atomic E-state index is 0.0136. The van der Waals surface area contributed by atoms with Gasteiger partial charge in [0.15, 0.2) is 0 Å². The fourth-order valence-electron chi connectivity index (χ4n) is 3.55. The molecule has 5 nitrogen and oxygen atoms in total. The molecule has 3 N–H and O–H groups in total. The monoisotopic (exact) mass is 386 g/mol. The summed E-state index contributed by atoms with van der Waals surface area (Å²) in [7, 11) is 0. The zero-order valence-corrected chi connectivity index (χ0v) is 15.8. The molecule has 0 saturated heterocycles. The lowest BCUT2D eigenvalue weighted by atomic mass is 10.0. The Labute approximate surface area is 169 Å². The van der Waals surface area contributed by atoms with Crippen molar-refractivity contribution >= 4 is 17.7 Å². The molecule has 1 saturated carbocycles. The minimum Gasteiger partial charge on any atom is -0.465 e. The first-order valence-electron chi connectivity index (χ1n) is 9.62. The lowest BCUT2D eigenvalue weighted by Gasteiger charge is -2.08. The highest BCUT2D eigenvalue weighted by molar-refractivity contribution is 6.04. The third-order valence-corrected chi connectivity index (χ3v) is 5.14. The first-order valence-corrected chi connectivity index (χ1v) is 9.62. The van der Waals surface area contributed by atoms with Crippen molar-refractivity contribution in [1.29, 1.82) is 0 Å². The SMILES string of the molecule is O=C(O)NC1CC1c1ccc(NC(=O)c2cccc(Cc3ccccc3)c2)cc1. The third-order valence-electron chi connectivity index (χ3n) is 5.14. The predicted molar refractivity (Wildman–Crippen MR) is 112 cm³/mol. The molecule has 0 aliphatic heterocycles. The van der Waals surface area contributed by atoms with Crippen LogP contribution in [0.1, 0.15) is 39.4 Å². The molecular formula is C24H22N2O3. The summed E-state index contributed by atoms with van der Waals surface area (Å²) in [6.45, 7) is 0. The van der Waals surface area contributed by atoms with Crippen molar-refractivity contribution in [3.8, 4) is 0 Å². The third kappa shape index (κ3) is 4.82. The topological polar surface area (TPSA) is 78.4 Å². The fraction of sp³-hybridized carbons (Fsp3) is 0.167. The Bertz CT molecular complexity index is 1020. The largest absolute Gasteiger partial charge is 0.465 e. The number of amides is 2. The summed E-state index contributed by atoms with van der Waals surface area (Å²) in [5.74, 6) is 0.0648. The van der Waals surface area contributed by atoms with E-state index in [4.69, 9.17) is 5.11 Å². The Hall–Kier alpha value is -3.60. The maximum absolute atomic E-state index is 12.6. The molecule has 3 aromatic carbocycles. The molecule has 2 unspecified atom stereocenters. The van der Waals surface area contributed by atoms with Crippen molar-refractivity contribution in [3.05, 3.63) is 101 Å². The molecule has 0 aromatic heterocycles. The van der Waals surface area contributed by atoms with E-state index in [1.807, 2.05) is 66.7 Å². The molecule has 3 aromatic rings. The van der Waals surface area contributed by atoms with E-state index in [-0.39, 0.29) is 17.9 Å². The number of carbonyl (C=O) groups is 2. The van der Waals surface area contributed by atoms with Gasteiger partial charge in [0.05, 0.1) is 0 Å². The highest BCUT2D eigenvalue weighted by Crippen LogP contribution is 2.41. The molecule has 4 rings (SSSR count). The molecule has 0 spiro atoms. The van der Waals surface area contributed by atoms with Crippen LogP contribution in [0, 0.1) is 0 Å². The van der Waals surface area contributed by atoms with Gasteiger partial charge in [-0.1, -0.05) is 54.6 Å². The molecule has 0 heterocycles. The summed E-state index contributed by atoms with van der Waals surface area (Å²) in [5, 5.41) is 14.2. The van der Waals surface area contributed by atoms with Crippen LogP contribution in [0.3, 0.4) is 0 Å². The number of benzene rings is 3. The van der Waals surface area contributed by atoms with Gasteiger partial charge in [0.2, 0.25) is 0 Å². The van der Waals surface area contributed by atoms with Crippen molar-refractivity contribution in [2.24, 2.45) is 0 Å². The molecular weight excluding hydrogens is 364 g/mol. The quantitative estimate of drug-likeness (QED) is 0.577. The Morgan fingerprint density at radius 3 is 2.34 bits per heavy atom. The molecule has 0 bridgehead atoms. The van der Waals surface area contributed by atoms with Crippen LogP contribution in [-0.4, -0.2) is 23.1 Å². The summed E-state index contributed by atoms with van der Waals surface area (Å²) in [6.07, 6.45) is 0.603. The molecule has 5 heteroatoms. The van der Waals surface area contributed by atoms with Gasteiger partial charge in [-0.3, -0.25) is 4.79 Å². The van der Waals surface area contributed by atoms with Crippen LogP contribution in [0.25, 0.3) is 0 Å². The Morgan fingerprint density at radius 2 is 1.62 bits per heavy atom. The molecule has 29 heavy (non-hydrogen) atoms. The van der Waals surface area contributed by atoms with Crippen LogP contribution >= 0.6 is 0 Å². The number of carbonyl (C=O) groups excluding carboxylic acids is 1. The van der Waals surface area contributed by atoms with E-state index in [0.717, 1.165) is 29.7 Å². The molecule has 2 atom stereocenters. The lowest BCUT2D eigenvalue weighted by molar-refractivity contribution is 0.102. The zero-order chi connectivity index (χ0) is 20.2. The van der Waals surface area contributed by atoms with Gasteiger partial charge in [0, 0.05) is 23.2 Å². The van der Waals surface area contributed by atoms with E-state index in [1.54, 1.807) is 0 Å².